The predicted octanol–water partition coefficient (Wildman–Crippen LogP) is 1.93. The van der Waals surface area contributed by atoms with Gasteiger partial charge in [-0.25, -0.2) is 8.42 Å². The lowest BCUT2D eigenvalue weighted by Crippen LogP contribution is -2.41. The molecule has 2 rings (SSSR count). The van der Waals surface area contributed by atoms with Crippen LogP contribution < -0.4 is 10.3 Å². The van der Waals surface area contributed by atoms with Crippen LogP contribution in [0.5, 0.6) is 0 Å². The molecule has 116 valence electrons. The van der Waals surface area contributed by atoms with E-state index in [4.69, 9.17) is 11.6 Å². The van der Waals surface area contributed by atoms with Gasteiger partial charge in [0.25, 0.3) is 21.6 Å². The zero-order chi connectivity index (χ0) is 16.3. The molecule has 0 saturated heterocycles. The van der Waals surface area contributed by atoms with E-state index in [-0.39, 0.29) is 19.8 Å². The Morgan fingerprint density at radius 3 is 2.59 bits per heavy atom. The summed E-state index contributed by atoms with van der Waals surface area (Å²) >= 11 is 6.47. The maximum atomic E-state index is 11.9. The number of carbonyl (C=O) groups is 1. The van der Waals surface area contributed by atoms with Crippen LogP contribution in [0.2, 0.25) is 4.34 Å². The number of rotatable bonds is 5. The van der Waals surface area contributed by atoms with Crippen LogP contribution in [0, 0.1) is 10.1 Å². The third-order valence-corrected chi connectivity index (χ3v) is 5.40. The quantitative estimate of drug-likeness (QED) is 0.623. The molecule has 8 nitrogen and oxygen atoms in total. The first-order valence-corrected chi connectivity index (χ1v) is 8.29. The summed E-state index contributed by atoms with van der Waals surface area (Å²) in [5.41, 5.74) is 1.65. The molecular formula is C11H8ClN3O5S2. The molecule has 0 radical (unpaired) electrons. The highest BCUT2D eigenvalue weighted by molar-refractivity contribution is 7.91. The molecule has 0 atom stereocenters. The van der Waals surface area contributed by atoms with Gasteiger partial charge < -0.3 is 0 Å². The first-order valence-electron chi connectivity index (χ1n) is 5.61. The maximum Gasteiger partial charge on any atom is 0.270 e. The van der Waals surface area contributed by atoms with Gasteiger partial charge in [0.15, 0.2) is 0 Å². The van der Waals surface area contributed by atoms with Gasteiger partial charge in [-0.05, 0) is 18.2 Å². The first-order chi connectivity index (χ1) is 10.3. The minimum atomic E-state index is -3.95. The molecule has 1 aromatic carbocycles. The Hall–Kier alpha value is -2.01. The fourth-order valence-corrected chi connectivity index (χ4v) is 3.76. The van der Waals surface area contributed by atoms with E-state index in [2.05, 4.69) is 0 Å². The standard InChI is InChI=1S/C11H8ClN3O5S2/c12-9-4-5-10(21-9)22(19,20)14-13-11(16)7-2-1-3-8(6-7)15(17)18/h1-6,14H,(H,13,16). The number of carbonyl (C=O) groups excluding carboxylic acids is 1. The van der Waals surface area contributed by atoms with E-state index in [9.17, 15) is 23.3 Å². The van der Waals surface area contributed by atoms with Crippen LogP contribution in [0.25, 0.3) is 0 Å². The van der Waals surface area contributed by atoms with E-state index in [1.54, 1.807) is 0 Å². The number of non-ortho nitro benzene ring substituents is 1. The van der Waals surface area contributed by atoms with Crippen molar-refractivity contribution >= 4 is 44.6 Å². The largest absolute Gasteiger partial charge is 0.273 e. The van der Waals surface area contributed by atoms with E-state index in [1.165, 1.54) is 30.3 Å². The second-order valence-electron chi connectivity index (χ2n) is 3.93. The van der Waals surface area contributed by atoms with Crippen molar-refractivity contribution in [3.8, 4) is 0 Å². The number of hydrogen-bond acceptors (Lipinski definition) is 6. The molecule has 1 aromatic heterocycles. The van der Waals surface area contributed by atoms with Crippen LogP contribution in [-0.2, 0) is 10.0 Å². The maximum absolute atomic E-state index is 11.9. The Morgan fingerprint density at radius 2 is 2.00 bits per heavy atom. The van der Waals surface area contributed by atoms with Crippen molar-refractivity contribution in [2.45, 2.75) is 4.21 Å². The number of thiophene rings is 1. The number of benzene rings is 1. The van der Waals surface area contributed by atoms with Crippen LogP contribution >= 0.6 is 22.9 Å². The summed E-state index contributed by atoms with van der Waals surface area (Å²) in [6.45, 7) is 0. The Balaban J connectivity index is 2.10. The van der Waals surface area contributed by atoms with E-state index >= 15 is 0 Å². The van der Waals surface area contributed by atoms with Crippen molar-refractivity contribution in [3.05, 3.63) is 56.4 Å². The minimum Gasteiger partial charge on any atom is -0.273 e. The number of nitro groups is 1. The van der Waals surface area contributed by atoms with Gasteiger partial charge in [0.05, 0.1) is 9.26 Å². The summed E-state index contributed by atoms with van der Waals surface area (Å²) < 4.78 is 24.0. The highest BCUT2D eigenvalue weighted by Crippen LogP contribution is 2.25. The second kappa shape index (κ2) is 6.40. The molecule has 0 saturated carbocycles. The van der Waals surface area contributed by atoms with Crippen molar-refractivity contribution in [1.29, 1.82) is 0 Å². The molecule has 0 spiro atoms. The van der Waals surface area contributed by atoms with Crippen LogP contribution in [0.1, 0.15) is 10.4 Å². The van der Waals surface area contributed by atoms with Crippen molar-refractivity contribution in [3.63, 3.8) is 0 Å². The third-order valence-electron chi connectivity index (χ3n) is 2.43. The average molecular weight is 362 g/mol. The van der Waals surface area contributed by atoms with Crippen LogP contribution in [0.4, 0.5) is 5.69 Å². The summed E-state index contributed by atoms with van der Waals surface area (Å²) in [5.74, 6) is -0.824. The number of hydrogen-bond donors (Lipinski definition) is 2. The number of nitrogens with zero attached hydrogens (tertiary/aromatic N) is 1. The van der Waals surface area contributed by atoms with Gasteiger partial charge in [-0.15, -0.1) is 16.2 Å². The predicted molar refractivity (Wildman–Crippen MR) is 80.2 cm³/mol. The van der Waals surface area contributed by atoms with Gasteiger partial charge in [0, 0.05) is 17.7 Å². The van der Waals surface area contributed by atoms with E-state index in [0.717, 1.165) is 17.4 Å². The average Bonchev–Trinajstić information content (AvgIpc) is 2.92. The Morgan fingerprint density at radius 1 is 1.27 bits per heavy atom. The number of hydrazine groups is 1. The number of halogens is 1. The lowest BCUT2D eigenvalue weighted by Gasteiger charge is -2.06. The molecule has 0 aliphatic rings. The van der Waals surface area contributed by atoms with Gasteiger partial charge in [-0.3, -0.25) is 20.3 Å². The third kappa shape index (κ3) is 3.80. The molecular weight excluding hydrogens is 354 g/mol. The van der Waals surface area contributed by atoms with Crippen molar-refractivity contribution < 1.29 is 18.1 Å². The summed E-state index contributed by atoms with van der Waals surface area (Å²) in [6.07, 6.45) is 0. The van der Waals surface area contributed by atoms with Crippen molar-refractivity contribution in [2.24, 2.45) is 0 Å². The Kier molecular flexibility index (Phi) is 4.76. The second-order valence-corrected chi connectivity index (χ2v) is 7.55. The highest BCUT2D eigenvalue weighted by Gasteiger charge is 2.18. The zero-order valence-corrected chi connectivity index (χ0v) is 13.0. The first kappa shape index (κ1) is 16.4. The van der Waals surface area contributed by atoms with Crippen LogP contribution in [0.15, 0.2) is 40.6 Å². The SMILES string of the molecule is O=C(NNS(=O)(=O)c1ccc(Cl)s1)c1cccc([N+](=O)[O-])c1. The molecule has 0 bridgehead atoms. The van der Waals surface area contributed by atoms with Crippen molar-refractivity contribution in [2.75, 3.05) is 0 Å². The number of nitro benzene ring substituents is 1. The zero-order valence-electron chi connectivity index (χ0n) is 10.6. The number of sulfonamides is 1. The summed E-state index contributed by atoms with van der Waals surface area (Å²) in [6, 6.07) is 7.58. The number of nitrogens with one attached hydrogen (secondary N) is 2. The van der Waals surface area contributed by atoms with Gasteiger partial charge in [0.1, 0.15) is 4.21 Å². The molecule has 2 N–H and O–H groups in total. The lowest BCUT2D eigenvalue weighted by molar-refractivity contribution is -0.384. The fraction of sp³-hybridized carbons (Fsp3) is 0. The Bertz CT molecular complexity index is 834. The minimum absolute atomic E-state index is 0.0545. The highest BCUT2D eigenvalue weighted by atomic mass is 35.5. The van der Waals surface area contributed by atoms with Crippen LogP contribution in [0.3, 0.4) is 0 Å². The molecule has 0 fully saturated rings. The summed E-state index contributed by atoms with van der Waals surface area (Å²) in [5, 5.41) is 10.6. The normalized spacial score (nSPS) is 11.1. The molecule has 0 unspecified atom stereocenters. The van der Waals surface area contributed by atoms with Crippen molar-refractivity contribution in [1.82, 2.24) is 10.3 Å². The lowest BCUT2D eigenvalue weighted by atomic mass is 10.2. The molecule has 0 aliphatic heterocycles. The molecule has 1 amide bonds. The van der Waals surface area contributed by atoms with E-state index in [1.807, 2.05) is 10.3 Å². The topological polar surface area (TPSA) is 118 Å². The fourth-order valence-electron chi connectivity index (χ4n) is 1.44. The van der Waals surface area contributed by atoms with Gasteiger partial charge in [-0.1, -0.05) is 17.7 Å². The molecule has 2 aromatic rings. The number of amides is 1. The monoisotopic (exact) mass is 361 g/mol. The molecule has 11 heteroatoms. The molecule has 22 heavy (non-hydrogen) atoms. The summed E-state index contributed by atoms with van der Waals surface area (Å²) in [4.78, 5) is 23.7. The summed E-state index contributed by atoms with van der Waals surface area (Å²) in [7, 11) is -3.95. The smallest absolute Gasteiger partial charge is 0.270 e. The van der Waals surface area contributed by atoms with Crippen LogP contribution in [-0.4, -0.2) is 19.2 Å². The van der Waals surface area contributed by atoms with E-state index < -0.39 is 20.9 Å². The molecule has 1 heterocycles. The van der Waals surface area contributed by atoms with Gasteiger partial charge >= 0.3 is 0 Å². The molecule has 0 aliphatic carbocycles. The van der Waals surface area contributed by atoms with Gasteiger partial charge in [-0.2, -0.15) is 0 Å². The van der Waals surface area contributed by atoms with E-state index in [0.29, 0.717) is 0 Å². The van der Waals surface area contributed by atoms with Gasteiger partial charge in [0.2, 0.25) is 0 Å². The Labute approximate surface area is 133 Å².